The lowest BCUT2D eigenvalue weighted by Gasteiger charge is -2.11. The highest BCUT2D eigenvalue weighted by molar-refractivity contribution is 9.10. The Hall–Kier alpha value is -0.870. The van der Waals surface area contributed by atoms with Crippen molar-refractivity contribution in [1.29, 1.82) is 0 Å². The van der Waals surface area contributed by atoms with E-state index in [2.05, 4.69) is 15.9 Å². The first-order valence-corrected chi connectivity index (χ1v) is 7.13. The molecule has 0 spiro atoms. The Bertz CT molecular complexity index is 478. The maximum absolute atomic E-state index is 12.3. The van der Waals surface area contributed by atoms with Crippen molar-refractivity contribution in [3.63, 3.8) is 0 Å². The molecule has 18 heavy (non-hydrogen) atoms. The Morgan fingerprint density at radius 2 is 2.28 bits per heavy atom. The highest BCUT2D eigenvalue weighted by atomic mass is 79.9. The van der Waals surface area contributed by atoms with Gasteiger partial charge in [0.05, 0.1) is 18.3 Å². The van der Waals surface area contributed by atoms with Crippen LogP contribution in [0, 0.1) is 0 Å². The van der Waals surface area contributed by atoms with Crippen molar-refractivity contribution in [3.8, 4) is 5.75 Å². The van der Waals surface area contributed by atoms with Gasteiger partial charge in [0.15, 0.2) is 5.78 Å². The van der Waals surface area contributed by atoms with Crippen molar-refractivity contribution in [1.82, 2.24) is 0 Å². The third kappa shape index (κ3) is 2.31. The van der Waals surface area contributed by atoms with Gasteiger partial charge in [0.2, 0.25) is 0 Å². The Labute approximate surface area is 115 Å². The van der Waals surface area contributed by atoms with E-state index in [1.807, 2.05) is 12.1 Å². The van der Waals surface area contributed by atoms with Gasteiger partial charge in [0, 0.05) is 23.9 Å². The molecule has 1 saturated heterocycles. The number of ketones is 1. The second-order valence-corrected chi connectivity index (χ2v) is 5.72. The monoisotopic (exact) mass is 310 g/mol. The number of carbonyl (C=O) groups is 1. The average Bonchev–Trinajstić information content (AvgIpc) is 2.97. The highest BCUT2D eigenvalue weighted by Crippen LogP contribution is 2.34. The van der Waals surface area contributed by atoms with E-state index < -0.39 is 0 Å². The first-order valence-electron chi connectivity index (χ1n) is 6.34. The van der Waals surface area contributed by atoms with E-state index in [4.69, 9.17) is 9.47 Å². The van der Waals surface area contributed by atoms with E-state index in [-0.39, 0.29) is 11.9 Å². The van der Waals surface area contributed by atoms with Crippen LogP contribution in [0.5, 0.6) is 5.75 Å². The van der Waals surface area contributed by atoms with Gasteiger partial charge in [-0.05, 0) is 30.5 Å². The van der Waals surface area contributed by atoms with E-state index in [0.717, 1.165) is 41.7 Å². The molecule has 1 aromatic rings. The Morgan fingerprint density at radius 3 is 3.06 bits per heavy atom. The third-order valence-corrected chi connectivity index (χ3v) is 3.94. The van der Waals surface area contributed by atoms with E-state index >= 15 is 0 Å². The highest BCUT2D eigenvalue weighted by Gasteiger charge is 2.25. The molecule has 3 rings (SSSR count). The Kier molecular flexibility index (Phi) is 3.39. The first kappa shape index (κ1) is 12.2. The van der Waals surface area contributed by atoms with Gasteiger partial charge in [0.1, 0.15) is 5.75 Å². The largest absolute Gasteiger partial charge is 0.492 e. The summed E-state index contributed by atoms with van der Waals surface area (Å²) in [6.45, 7) is 1.46. The molecular formula is C14H15BrO3. The molecule has 0 aliphatic carbocycles. The second kappa shape index (κ2) is 5.02. The molecule has 0 radical (unpaired) electrons. The molecule has 4 heteroatoms. The van der Waals surface area contributed by atoms with Crippen LogP contribution in [0.2, 0.25) is 0 Å². The number of Topliss-reactive ketones (excluding diaryl/α,β-unsaturated/α-hetero) is 1. The van der Waals surface area contributed by atoms with Gasteiger partial charge in [-0.15, -0.1) is 0 Å². The van der Waals surface area contributed by atoms with E-state index in [9.17, 15) is 4.79 Å². The fraction of sp³-hybridized carbons (Fsp3) is 0.500. The number of rotatable bonds is 3. The predicted molar refractivity (Wildman–Crippen MR) is 71.3 cm³/mol. The molecule has 1 aromatic carbocycles. The predicted octanol–water partition coefficient (Wildman–Crippen LogP) is 3.14. The number of carbonyl (C=O) groups excluding carboxylic acids is 1. The van der Waals surface area contributed by atoms with Crippen molar-refractivity contribution >= 4 is 21.7 Å². The van der Waals surface area contributed by atoms with Gasteiger partial charge in [-0.2, -0.15) is 0 Å². The standard InChI is InChI=1S/C14H15BrO3/c15-10-6-9-3-5-18-14(9)12(7-10)13(16)8-11-2-1-4-17-11/h6-7,11H,1-5,8H2. The summed E-state index contributed by atoms with van der Waals surface area (Å²) in [6.07, 6.45) is 3.49. The summed E-state index contributed by atoms with van der Waals surface area (Å²) >= 11 is 3.46. The summed E-state index contributed by atoms with van der Waals surface area (Å²) in [5.41, 5.74) is 1.83. The zero-order valence-corrected chi connectivity index (χ0v) is 11.7. The van der Waals surface area contributed by atoms with Crippen molar-refractivity contribution in [2.24, 2.45) is 0 Å². The summed E-state index contributed by atoms with van der Waals surface area (Å²) in [5.74, 6) is 0.905. The summed E-state index contributed by atoms with van der Waals surface area (Å²) in [7, 11) is 0. The van der Waals surface area contributed by atoms with E-state index in [1.165, 1.54) is 0 Å². The van der Waals surface area contributed by atoms with E-state index in [1.54, 1.807) is 0 Å². The molecule has 0 bridgehead atoms. The smallest absolute Gasteiger partial charge is 0.169 e. The molecule has 0 saturated carbocycles. The fourth-order valence-corrected chi connectivity index (χ4v) is 3.10. The molecule has 1 atom stereocenters. The topological polar surface area (TPSA) is 35.5 Å². The van der Waals surface area contributed by atoms with Gasteiger partial charge < -0.3 is 9.47 Å². The van der Waals surface area contributed by atoms with Crippen LogP contribution >= 0.6 is 15.9 Å². The zero-order chi connectivity index (χ0) is 12.5. The lowest BCUT2D eigenvalue weighted by Crippen LogP contribution is -2.13. The molecule has 2 aliphatic rings. The Morgan fingerprint density at radius 1 is 1.39 bits per heavy atom. The minimum Gasteiger partial charge on any atom is -0.492 e. The van der Waals surface area contributed by atoms with E-state index in [0.29, 0.717) is 18.6 Å². The van der Waals surface area contributed by atoms with Gasteiger partial charge in [-0.1, -0.05) is 15.9 Å². The molecule has 2 heterocycles. The van der Waals surface area contributed by atoms with Gasteiger partial charge in [0.25, 0.3) is 0 Å². The van der Waals surface area contributed by atoms with Crippen LogP contribution in [0.4, 0.5) is 0 Å². The molecule has 3 nitrogen and oxygen atoms in total. The minimum atomic E-state index is 0.0912. The van der Waals surface area contributed by atoms with Gasteiger partial charge in [-0.3, -0.25) is 4.79 Å². The number of ether oxygens (including phenoxy) is 2. The summed E-state index contributed by atoms with van der Waals surface area (Å²) in [6, 6.07) is 3.90. The quantitative estimate of drug-likeness (QED) is 0.805. The van der Waals surface area contributed by atoms with Crippen LogP contribution in [-0.2, 0) is 11.2 Å². The SMILES string of the molecule is O=C(CC1CCCO1)c1cc(Br)cc2c1OCC2. The van der Waals surface area contributed by atoms with Crippen molar-refractivity contribution in [2.75, 3.05) is 13.2 Å². The van der Waals surface area contributed by atoms with Crippen molar-refractivity contribution < 1.29 is 14.3 Å². The first-order chi connectivity index (χ1) is 8.74. The van der Waals surface area contributed by atoms with Crippen molar-refractivity contribution in [3.05, 3.63) is 27.7 Å². The molecule has 0 amide bonds. The maximum atomic E-state index is 12.3. The number of halogens is 1. The molecule has 1 fully saturated rings. The fourth-order valence-electron chi connectivity index (χ4n) is 2.60. The van der Waals surface area contributed by atoms with Crippen LogP contribution in [0.1, 0.15) is 35.2 Å². The van der Waals surface area contributed by atoms with Crippen LogP contribution < -0.4 is 4.74 Å². The third-order valence-electron chi connectivity index (χ3n) is 3.49. The summed E-state index contributed by atoms with van der Waals surface area (Å²) < 4.78 is 12.1. The van der Waals surface area contributed by atoms with Gasteiger partial charge >= 0.3 is 0 Å². The van der Waals surface area contributed by atoms with Crippen LogP contribution in [0.3, 0.4) is 0 Å². The lowest BCUT2D eigenvalue weighted by atomic mass is 10.0. The molecule has 0 aromatic heterocycles. The molecule has 2 aliphatic heterocycles. The van der Waals surface area contributed by atoms with Crippen LogP contribution in [0.25, 0.3) is 0 Å². The number of hydrogen-bond donors (Lipinski definition) is 0. The molecular weight excluding hydrogens is 296 g/mol. The van der Waals surface area contributed by atoms with Crippen molar-refractivity contribution in [2.45, 2.75) is 31.8 Å². The molecule has 1 unspecified atom stereocenters. The minimum absolute atomic E-state index is 0.0912. The lowest BCUT2D eigenvalue weighted by molar-refractivity contribution is 0.0773. The zero-order valence-electron chi connectivity index (χ0n) is 10.1. The normalized spacial score (nSPS) is 21.7. The molecule has 0 N–H and O–H groups in total. The van der Waals surface area contributed by atoms with Crippen LogP contribution in [0.15, 0.2) is 16.6 Å². The van der Waals surface area contributed by atoms with Crippen LogP contribution in [-0.4, -0.2) is 25.1 Å². The molecule has 96 valence electrons. The maximum Gasteiger partial charge on any atom is 0.169 e. The number of benzene rings is 1. The summed E-state index contributed by atoms with van der Waals surface area (Å²) in [5, 5.41) is 0. The number of fused-ring (bicyclic) bond motifs is 1. The Balaban J connectivity index is 1.84. The second-order valence-electron chi connectivity index (χ2n) is 4.80. The summed E-state index contributed by atoms with van der Waals surface area (Å²) in [4.78, 5) is 12.3. The van der Waals surface area contributed by atoms with Gasteiger partial charge in [-0.25, -0.2) is 0 Å². The number of hydrogen-bond acceptors (Lipinski definition) is 3. The average molecular weight is 311 g/mol.